The Morgan fingerprint density at radius 3 is 3.18 bits per heavy atom. The number of carbonyl (C=O) groups is 1. The number of anilines is 1. The Hall–Kier alpha value is -2.00. The van der Waals surface area contributed by atoms with Gasteiger partial charge in [-0.15, -0.1) is 10.2 Å². The number of hydrogen-bond acceptors (Lipinski definition) is 7. The summed E-state index contributed by atoms with van der Waals surface area (Å²) in [7, 11) is 0. The van der Waals surface area contributed by atoms with Gasteiger partial charge in [0.25, 0.3) is 0 Å². The summed E-state index contributed by atoms with van der Waals surface area (Å²) in [5, 5.41) is 11.7. The van der Waals surface area contributed by atoms with E-state index in [9.17, 15) is 4.79 Å². The maximum atomic E-state index is 12.1. The van der Waals surface area contributed by atoms with E-state index in [0.717, 1.165) is 40.8 Å². The molecule has 22 heavy (non-hydrogen) atoms. The molecule has 0 saturated heterocycles. The van der Waals surface area contributed by atoms with Crippen molar-refractivity contribution < 1.29 is 4.79 Å². The average Bonchev–Trinajstić information content (AvgIpc) is 3.07. The first kappa shape index (κ1) is 13.6. The predicted molar refractivity (Wildman–Crippen MR) is 85.1 cm³/mol. The molecule has 4 rings (SSSR count). The van der Waals surface area contributed by atoms with Gasteiger partial charge < -0.3 is 9.88 Å². The maximum Gasteiger partial charge on any atom is 0.234 e. The minimum Gasteiger partial charge on any atom is -0.323 e. The standard InChI is InChI=1S/C13H12N6OS2/c20-11(6-21-13-16-14-7-19(13)8-4-5-8)15-9-2-1-3-10-12(9)18-22-17-10/h1-3,7-8H,4-6H2,(H,15,20). The Labute approximate surface area is 134 Å². The van der Waals surface area contributed by atoms with E-state index in [0.29, 0.717) is 17.5 Å². The van der Waals surface area contributed by atoms with Crippen molar-refractivity contribution in [2.75, 3.05) is 11.1 Å². The molecule has 1 aromatic carbocycles. The smallest absolute Gasteiger partial charge is 0.234 e. The molecular formula is C13H12N6OS2. The zero-order chi connectivity index (χ0) is 14.9. The molecule has 0 unspecified atom stereocenters. The molecule has 1 aliphatic carbocycles. The highest BCUT2D eigenvalue weighted by Crippen LogP contribution is 2.37. The van der Waals surface area contributed by atoms with Gasteiger partial charge in [-0.1, -0.05) is 17.8 Å². The minimum atomic E-state index is -0.0872. The number of nitrogens with zero attached hydrogens (tertiary/aromatic N) is 5. The second kappa shape index (κ2) is 5.65. The Morgan fingerprint density at radius 1 is 1.41 bits per heavy atom. The molecule has 0 radical (unpaired) electrons. The molecule has 0 atom stereocenters. The van der Waals surface area contributed by atoms with Crippen LogP contribution in [0, 0.1) is 0 Å². The molecule has 9 heteroatoms. The van der Waals surface area contributed by atoms with E-state index in [1.165, 1.54) is 11.8 Å². The van der Waals surface area contributed by atoms with Crippen LogP contribution >= 0.6 is 23.5 Å². The van der Waals surface area contributed by atoms with Crippen LogP contribution in [0.15, 0.2) is 29.7 Å². The van der Waals surface area contributed by atoms with E-state index in [2.05, 4.69) is 24.3 Å². The second-order valence-corrected chi connectivity index (χ2v) is 6.50. The SMILES string of the molecule is O=C(CSc1nncn1C1CC1)Nc1cccc2nsnc12. The predicted octanol–water partition coefficient (Wildman–Crippen LogP) is 2.35. The molecule has 2 aromatic heterocycles. The number of amides is 1. The molecule has 1 N–H and O–H groups in total. The number of benzene rings is 1. The fraction of sp³-hybridized carbons (Fsp3) is 0.308. The third-order valence-electron chi connectivity index (χ3n) is 3.37. The molecule has 3 aromatic rings. The van der Waals surface area contributed by atoms with Gasteiger partial charge >= 0.3 is 0 Å². The Kier molecular flexibility index (Phi) is 3.51. The van der Waals surface area contributed by atoms with Crippen LogP contribution in [-0.2, 0) is 4.79 Å². The van der Waals surface area contributed by atoms with E-state index >= 15 is 0 Å². The summed E-state index contributed by atoms with van der Waals surface area (Å²) in [6.07, 6.45) is 4.06. The van der Waals surface area contributed by atoms with Crippen LogP contribution in [-0.4, -0.2) is 35.2 Å². The highest BCUT2D eigenvalue weighted by Gasteiger charge is 2.26. The van der Waals surface area contributed by atoms with Crippen molar-refractivity contribution in [2.24, 2.45) is 0 Å². The van der Waals surface area contributed by atoms with Crippen molar-refractivity contribution in [1.29, 1.82) is 0 Å². The topological polar surface area (TPSA) is 85.6 Å². The number of thioether (sulfide) groups is 1. The molecule has 2 heterocycles. The molecule has 0 spiro atoms. The first-order valence-corrected chi connectivity index (χ1v) is 8.56. The molecule has 1 fully saturated rings. The lowest BCUT2D eigenvalue weighted by Crippen LogP contribution is -2.14. The molecule has 0 bridgehead atoms. The van der Waals surface area contributed by atoms with E-state index in [1.807, 2.05) is 22.8 Å². The molecule has 7 nitrogen and oxygen atoms in total. The molecule has 1 aliphatic rings. The summed E-state index contributed by atoms with van der Waals surface area (Å²) in [6, 6.07) is 6.08. The normalized spacial score (nSPS) is 14.4. The van der Waals surface area contributed by atoms with E-state index in [-0.39, 0.29) is 5.91 Å². The number of fused-ring (bicyclic) bond motifs is 1. The van der Waals surface area contributed by atoms with Gasteiger partial charge in [-0.05, 0) is 25.0 Å². The van der Waals surface area contributed by atoms with Crippen LogP contribution in [0.5, 0.6) is 0 Å². The van der Waals surface area contributed by atoms with Gasteiger partial charge in [0.05, 0.1) is 23.2 Å². The summed E-state index contributed by atoms with van der Waals surface area (Å²) in [4.78, 5) is 12.1. The summed E-state index contributed by atoms with van der Waals surface area (Å²) in [5.74, 6) is 0.204. The highest BCUT2D eigenvalue weighted by molar-refractivity contribution is 7.99. The number of hydrogen-bond donors (Lipinski definition) is 1. The number of rotatable bonds is 5. The monoisotopic (exact) mass is 332 g/mol. The van der Waals surface area contributed by atoms with Gasteiger partial charge in [0, 0.05) is 6.04 Å². The van der Waals surface area contributed by atoms with Crippen molar-refractivity contribution in [3.05, 3.63) is 24.5 Å². The first-order chi connectivity index (χ1) is 10.8. The first-order valence-electron chi connectivity index (χ1n) is 6.85. The third kappa shape index (κ3) is 2.69. The number of carbonyl (C=O) groups excluding carboxylic acids is 1. The van der Waals surface area contributed by atoms with Gasteiger partial charge in [0.1, 0.15) is 17.4 Å². The van der Waals surface area contributed by atoms with Gasteiger partial charge in [0.15, 0.2) is 5.16 Å². The van der Waals surface area contributed by atoms with E-state index < -0.39 is 0 Å². The van der Waals surface area contributed by atoms with Gasteiger partial charge in [0.2, 0.25) is 5.91 Å². The molecule has 1 saturated carbocycles. The summed E-state index contributed by atoms with van der Waals surface area (Å²) >= 11 is 2.54. The molecule has 112 valence electrons. The van der Waals surface area contributed by atoms with Crippen LogP contribution in [0.1, 0.15) is 18.9 Å². The van der Waals surface area contributed by atoms with Crippen molar-refractivity contribution in [3.63, 3.8) is 0 Å². The lowest BCUT2D eigenvalue weighted by molar-refractivity contribution is -0.113. The lowest BCUT2D eigenvalue weighted by atomic mass is 10.2. The van der Waals surface area contributed by atoms with Crippen molar-refractivity contribution in [2.45, 2.75) is 24.0 Å². The molecule has 1 amide bonds. The van der Waals surface area contributed by atoms with Gasteiger partial charge in [-0.3, -0.25) is 4.79 Å². The zero-order valence-corrected chi connectivity index (χ0v) is 13.1. The van der Waals surface area contributed by atoms with Gasteiger partial charge in [-0.25, -0.2) is 0 Å². The average molecular weight is 332 g/mol. The Morgan fingerprint density at radius 2 is 2.32 bits per heavy atom. The van der Waals surface area contributed by atoms with Gasteiger partial charge in [-0.2, -0.15) is 8.75 Å². The van der Waals surface area contributed by atoms with Crippen molar-refractivity contribution >= 4 is 46.1 Å². The summed E-state index contributed by atoms with van der Waals surface area (Å²) in [6.45, 7) is 0. The number of aromatic nitrogens is 5. The fourth-order valence-electron chi connectivity index (χ4n) is 2.16. The van der Waals surface area contributed by atoms with E-state index in [4.69, 9.17) is 0 Å². The quantitative estimate of drug-likeness (QED) is 0.722. The molecular weight excluding hydrogens is 320 g/mol. The second-order valence-electron chi connectivity index (χ2n) is 5.03. The van der Waals surface area contributed by atoms with Crippen LogP contribution in [0.3, 0.4) is 0 Å². The van der Waals surface area contributed by atoms with Crippen molar-refractivity contribution in [3.8, 4) is 0 Å². The largest absolute Gasteiger partial charge is 0.323 e. The lowest BCUT2D eigenvalue weighted by Gasteiger charge is -2.06. The van der Waals surface area contributed by atoms with Crippen LogP contribution < -0.4 is 5.32 Å². The fourth-order valence-corrected chi connectivity index (χ4v) is 3.49. The van der Waals surface area contributed by atoms with Crippen LogP contribution in [0.25, 0.3) is 11.0 Å². The summed E-state index contributed by atoms with van der Waals surface area (Å²) < 4.78 is 10.4. The minimum absolute atomic E-state index is 0.0872. The highest BCUT2D eigenvalue weighted by atomic mass is 32.2. The maximum absolute atomic E-state index is 12.1. The van der Waals surface area contributed by atoms with Crippen LogP contribution in [0.2, 0.25) is 0 Å². The third-order valence-corrected chi connectivity index (χ3v) is 4.87. The molecule has 0 aliphatic heterocycles. The van der Waals surface area contributed by atoms with Crippen LogP contribution in [0.4, 0.5) is 5.69 Å². The summed E-state index contributed by atoms with van der Waals surface area (Å²) in [5.41, 5.74) is 2.22. The zero-order valence-electron chi connectivity index (χ0n) is 11.5. The Balaban J connectivity index is 1.42. The number of nitrogens with one attached hydrogen (secondary N) is 1. The van der Waals surface area contributed by atoms with E-state index in [1.54, 1.807) is 6.33 Å². The van der Waals surface area contributed by atoms with Crippen molar-refractivity contribution in [1.82, 2.24) is 23.5 Å². The Bertz CT molecular complexity index is 825.